The van der Waals surface area contributed by atoms with Crippen molar-refractivity contribution in [3.8, 4) is 0 Å². The number of carbonyl (C=O) groups excluding carboxylic acids is 1. The van der Waals surface area contributed by atoms with Gasteiger partial charge in [-0.15, -0.1) is 12.4 Å². The molecule has 21 heavy (non-hydrogen) atoms. The van der Waals surface area contributed by atoms with Crippen molar-refractivity contribution >= 4 is 18.3 Å². The highest BCUT2D eigenvalue weighted by atomic mass is 35.5. The number of alkyl halides is 2. The summed E-state index contributed by atoms with van der Waals surface area (Å²) in [6.45, 7) is 3.68. The highest BCUT2D eigenvalue weighted by Gasteiger charge is 2.43. The largest absolute Gasteiger partial charge is 0.378 e. The third-order valence-electron chi connectivity index (χ3n) is 3.95. The molecule has 0 aromatic carbocycles. The van der Waals surface area contributed by atoms with Crippen LogP contribution in [-0.2, 0) is 9.53 Å². The van der Waals surface area contributed by atoms with Crippen LogP contribution in [0.3, 0.4) is 0 Å². The van der Waals surface area contributed by atoms with Crippen molar-refractivity contribution in [2.24, 2.45) is 0 Å². The molecule has 0 aliphatic carbocycles. The summed E-state index contributed by atoms with van der Waals surface area (Å²) >= 11 is 0. The predicted molar refractivity (Wildman–Crippen MR) is 79.1 cm³/mol. The fourth-order valence-corrected chi connectivity index (χ4v) is 2.85. The van der Waals surface area contributed by atoms with Crippen LogP contribution in [0.25, 0.3) is 0 Å². The first kappa shape index (κ1) is 18.6. The van der Waals surface area contributed by atoms with Gasteiger partial charge in [0.05, 0.1) is 18.7 Å². The van der Waals surface area contributed by atoms with Crippen molar-refractivity contribution in [1.29, 1.82) is 0 Å². The van der Waals surface area contributed by atoms with E-state index < -0.39 is 12.0 Å². The Morgan fingerprint density at radius 1 is 1.38 bits per heavy atom. The van der Waals surface area contributed by atoms with Crippen LogP contribution in [0, 0.1) is 0 Å². The van der Waals surface area contributed by atoms with Gasteiger partial charge in [-0.1, -0.05) is 6.92 Å². The Balaban J connectivity index is 0.00000220. The van der Waals surface area contributed by atoms with E-state index in [0.29, 0.717) is 13.1 Å². The molecule has 0 aromatic heterocycles. The summed E-state index contributed by atoms with van der Waals surface area (Å²) in [5.74, 6) is -2.93. The lowest BCUT2D eigenvalue weighted by Gasteiger charge is -2.24. The molecule has 0 spiro atoms. The van der Waals surface area contributed by atoms with E-state index in [1.165, 1.54) is 0 Å². The summed E-state index contributed by atoms with van der Waals surface area (Å²) < 4.78 is 32.0. The standard InChI is InChI=1S/C14H24F2N2O2.ClH/c1-2-8-20-11-4-3-6-18(7-5-11)13(19)12-9-14(15,16)10-17-12;/h11-12,17H,2-10H2,1H3;1H. The molecule has 0 bridgehead atoms. The summed E-state index contributed by atoms with van der Waals surface area (Å²) in [4.78, 5) is 14.0. The van der Waals surface area contributed by atoms with Gasteiger partial charge in [0, 0.05) is 26.1 Å². The molecule has 2 heterocycles. The van der Waals surface area contributed by atoms with Crippen molar-refractivity contribution < 1.29 is 18.3 Å². The summed E-state index contributed by atoms with van der Waals surface area (Å²) in [5, 5.41) is 2.64. The number of ether oxygens (including phenoxy) is 1. The van der Waals surface area contributed by atoms with Gasteiger partial charge in [0.1, 0.15) is 0 Å². The van der Waals surface area contributed by atoms with Gasteiger partial charge in [-0.25, -0.2) is 8.78 Å². The molecule has 0 aromatic rings. The SMILES string of the molecule is CCCOC1CCCN(C(=O)C2CC(F)(F)CN2)CC1.Cl. The van der Waals surface area contributed by atoms with Crippen LogP contribution in [0.5, 0.6) is 0 Å². The molecule has 2 fully saturated rings. The molecule has 0 saturated carbocycles. The van der Waals surface area contributed by atoms with Gasteiger partial charge in [0.15, 0.2) is 0 Å². The van der Waals surface area contributed by atoms with Gasteiger partial charge in [0.25, 0.3) is 5.92 Å². The molecule has 2 rings (SSSR count). The Bertz CT molecular complexity index is 345. The molecule has 124 valence electrons. The van der Waals surface area contributed by atoms with Gasteiger partial charge in [-0.2, -0.15) is 0 Å². The average molecular weight is 327 g/mol. The van der Waals surface area contributed by atoms with Crippen LogP contribution >= 0.6 is 12.4 Å². The lowest BCUT2D eigenvalue weighted by atomic mass is 10.1. The minimum Gasteiger partial charge on any atom is -0.378 e. The number of likely N-dealkylation sites (tertiary alicyclic amines) is 1. The third-order valence-corrected chi connectivity index (χ3v) is 3.95. The fourth-order valence-electron chi connectivity index (χ4n) is 2.85. The average Bonchev–Trinajstić information content (AvgIpc) is 2.64. The van der Waals surface area contributed by atoms with Crippen LogP contribution in [0.1, 0.15) is 39.0 Å². The highest BCUT2D eigenvalue weighted by Crippen LogP contribution is 2.26. The van der Waals surface area contributed by atoms with Gasteiger partial charge < -0.3 is 9.64 Å². The second-order valence-electron chi connectivity index (χ2n) is 5.74. The molecule has 2 atom stereocenters. The second kappa shape index (κ2) is 8.25. The molecule has 2 aliphatic rings. The highest BCUT2D eigenvalue weighted by molar-refractivity contribution is 5.85. The van der Waals surface area contributed by atoms with E-state index >= 15 is 0 Å². The number of nitrogens with one attached hydrogen (secondary N) is 1. The van der Waals surface area contributed by atoms with E-state index in [1.807, 2.05) is 0 Å². The first-order valence-electron chi connectivity index (χ1n) is 7.53. The quantitative estimate of drug-likeness (QED) is 0.861. The van der Waals surface area contributed by atoms with E-state index in [0.717, 1.165) is 32.3 Å². The number of amides is 1. The Kier molecular flexibility index (Phi) is 7.30. The molecule has 2 aliphatic heterocycles. The first-order valence-corrected chi connectivity index (χ1v) is 7.53. The van der Waals surface area contributed by atoms with E-state index in [4.69, 9.17) is 4.74 Å². The van der Waals surface area contributed by atoms with Crippen LogP contribution in [0.2, 0.25) is 0 Å². The number of rotatable bonds is 4. The monoisotopic (exact) mass is 326 g/mol. The Morgan fingerprint density at radius 2 is 2.14 bits per heavy atom. The Labute approximate surface area is 131 Å². The molecular weight excluding hydrogens is 302 g/mol. The number of hydrogen-bond acceptors (Lipinski definition) is 3. The van der Waals surface area contributed by atoms with E-state index in [1.54, 1.807) is 4.90 Å². The molecule has 1 amide bonds. The number of nitrogens with zero attached hydrogens (tertiary/aromatic N) is 1. The van der Waals surface area contributed by atoms with Crippen LogP contribution < -0.4 is 5.32 Å². The maximum atomic E-state index is 13.2. The van der Waals surface area contributed by atoms with Crippen molar-refractivity contribution in [3.63, 3.8) is 0 Å². The molecular formula is C14H25ClF2N2O2. The fraction of sp³-hybridized carbons (Fsp3) is 0.929. The third kappa shape index (κ3) is 5.34. The van der Waals surface area contributed by atoms with Crippen LogP contribution in [0.4, 0.5) is 8.78 Å². The van der Waals surface area contributed by atoms with Crippen molar-refractivity contribution in [2.45, 2.75) is 57.1 Å². The van der Waals surface area contributed by atoms with E-state index in [-0.39, 0.29) is 37.4 Å². The second-order valence-corrected chi connectivity index (χ2v) is 5.74. The van der Waals surface area contributed by atoms with Gasteiger partial charge in [-0.05, 0) is 25.7 Å². The van der Waals surface area contributed by atoms with Crippen LogP contribution in [-0.4, -0.2) is 55.1 Å². The minimum atomic E-state index is -2.75. The zero-order chi connectivity index (χ0) is 14.6. The smallest absolute Gasteiger partial charge is 0.262 e. The topological polar surface area (TPSA) is 41.6 Å². The number of carbonyl (C=O) groups is 1. The lowest BCUT2D eigenvalue weighted by molar-refractivity contribution is -0.133. The maximum Gasteiger partial charge on any atom is 0.262 e. The van der Waals surface area contributed by atoms with Gasteiger partial charge >= 0.3 is 0 Å². The molecule has 4 nitrogen and oxygen atoms in total. The summed E-state index contributed by atoms with van der Waals surface area (Å²) in [6.07, 6.45) is 3.43. The zero-order valence-corrected chi connectivity index (χ0v) is 13.3. The molecule has 0 radical (unpaired) electrons. The Hall–Kier alpha value is -0.460. The summed E-state index contributed by atoms with van der Waals surface area (Å²) in [7, 11) is 0. The van der Waals surface area contributed by atoms with Crippen molar-refractivity contribution in [3.05, 3.63) is 0 Å². The minimum absolute atomic E-state index is 0. The van der Waals surface area contributed by atoms with E-state index in [2.05, 4.69) is 12.2 Å². The first-order chi connectivity index (χ1) is 9.52. The van der Waals surface area contributed by atoms with E-state index in [9.17, 15) is 13.6 Å². The number of halogens is 3. The summed E-state index contributed by atoms with van der Waals surface area (Å²) in [5.41, 5.74) is 0. The summed E-state index contributed by atoms with van der Waals surface area (Å²) in [6, 6.07) is -0.724. The van der Waals surface area contributed by atoms with Gasteiger partial charge in [0.2, 0.25) is 5.91 Å². The predicted octanol–water partition coefficient (Wildman–Crippen LogP) is 2.21. The van der Waals surface area contributed by atoms with Crippen molar-refractivity contribution in [1.82, 2.24) is 10.2 Å². The molecule has 7 heteroatoms. The molecule has 1 N–H and O–H groups in total. The van der Waals surface area contributed by atoms with Crippen LogP contribution in [0.15, 0.2) is 0 Å². The normalized spacial score (nSPS) is 28.8. The Morgan fingerprint density at radius 3 is 2.76 bits per heavy atom. The number of hydrogen-bond donors (Lipinski definition) is 1. The zero-order valence-electron chi connectivity index (χ0n) is 12.4. The van der Waals surface area contributed by atoms with Gasteiger partial charge in [-0.3, -0.25) is 10.1 Å². The van der Waals surface area contributed by atoms with Crippen molar-refractivity contribution in [2.75, 3.05) is 26.2 Å². The molecule has 2 unspecified atom stereocenters. The molecule has 2 saturated heterocycles. The lowest BCUT2D eigenvalue weighted by Crippen LogP contribution is -2.44. The maximum absolute atomic E-state index is 13.2.